The van der Waals surface area contributed by atoms with Gasteiger partial charge in [-0.05, 0) is 38.5 Å². The van der Waals surface area contributed by atoms with E-state index in [9.17, 15) is 5.11 Å². The third kappa shape index (κ3) is 5.14. The summed E-state index contributed by atoms with van der Waals surface area (Å²) in [6, 6.07) is 0. The van der Waals surface area contributed by atoms with Crippen LogP contribution in [0.5, 0.6) is 0 Å². The summed E-state index contributed by atoms with van der Waals surface area (Å²) in [5.41, 5.74) is 0. The van der Waals surface area contributed by atoms with Crippen molar-refractivity contribution < 1.29 is 9.84 Å². The van der Waals surface area contributed by atoms with E-state index in [4.69, 9.17) is 4.74 Å². The zero-order valence-electron chi connectivity index (χ0n) is 9.56. The van der Waals surface area contributed by atoms with Gasteiger partial charge in [0.1, 0.15) is 0 Å². The lowest BCUT2D eigenvalue weighted by Crippen LogP contribution is -2.27. The van der Waals surface area contributed by atoms with Crippen molar-refractivity contribution in [2.45, 2.75) is 50.7 Å². The number of aliphatic hydroxyl groups excluding tert-OH is 1. The first kappa shape index (κ1) is 12.5. The Hall–Kier alpha value is -0.600. The highest BCUT2D eigenvalue weighted by Gasteiger charge is 2.16. The van der Waals surface area contributed by atoms with Crippen molar-refractivity contribution in [3.05, 3.63) is 24.3 Å². The Balaban J connectivity index is 2.46. The van der Waals surface area contributed by atoms with Crippen molar-refractivity contribution in [2.24, 2.45) is 0 Å². The Bertz CT molecular complexity index is 209. The molecule has 86 valence electrons. The first-order valence-corrected chi connectivity index (χ1v) is 5.85. The number of rotatable bonds is 1. The monoisotopic (exact) mass is 210 g/mol. The Morgan fingerprint density at radius 2 is 1.47 bits per heavy atom. The minimum absolute atomic E-state index is 0.0116. The standard InChI is InChI=1S/C13H22O2/c1-15-13-11-9-7-5-3-2-4-6-8-10-12(13)14/h4-7,12-14H,2-3,8-11H2,1H3/b6-4+,7-5+/t12-,13-/m0/s1. The largest absolute Gasteiger partial charge is 0.390 e. The van der Waals surface area contributed by atoms with E-state index in [2.05, 4.69) is 24.3 Å². The van der Waals surface area contributed by atoms with Gasteiger partial charge in [0.15, 0.2) is 0 Å². The molecular formula is C13H22O2. The van der Waals surface area contributed by atoms with Crippen LogP contribution >= 0.6 is 0 Å². The van der Waals surface area contributed by atoms with Gasteiger partial charge in [0, 0.05) is 7.11 Å². The third-order valence-corrected chi connectivity index (χ3v) is 2.81. The summed E-state index contributed by atoms with van der Waals surface area (Å²) in [7, 11) is 1.68. The lowest BCUT2D eigenvalue weighted by Gasteiger charge is -2.20. The lowest BCUT2D eigenvalue weighted by molar-refractivity contribution is -0.0187. The van der Waals surface area contributed by atoms with E-state index in [1.807, 2.05) is 0 Å². The molecule has 1 rings (SSSR count). The number of aliphatic hydroxyl groups is 1. The average molecular weight is 210 g/mol. The van der Waals surface area contributed by atoms with Gasteiger partial charge in [0.25, 0.3) is 0 Å². The van der Waals surface area contributed by atoms with Crippen LogP contribution in [0.4, 0.5) is 0 Å². The molecule has 2 atom stereocenters. The van der Waals surface area contributed by atoms with Crippen molar-refractivity contribution >= 4 is 0 Å². The van der Waals surface area contributed by atoms with E-state index in [1.165, 1.54) is 0 Å². The third-order valence-electron chi connectivity index (χ3n) is 2.81. The molecule has 1 N–H and O–H groups in total. The average Bonchev–Trinajstić information content (AvgIpc) is 2.23. The quantitative estimate of drug-likeness (QED) is 0.674. The molecule has 1 aliphatic carbocycles. The summed E-state index contributed by atoms with van der Waals surface area (Å²) in [4.78, 5) is 0. The van der Waals surface area contributed by atoms with Crippen molar-refractivity contribution in [2.75, 3.05) is 7.11 Å². The van der Waals surface area contributed by atoms with E-state index in [0.717, 1.165) is 38.5 Å². The van der Waals surface area contributed by atoms with Gasteiger partial charge in [-0.2, -0.15) is 0 Å². The van der Waals surface area contributed by atoms with Gasteiger partial charge in [-0.15, -0.1) is 0 Å². The molecule has 15 heavy (non-hydrogen) atoms. The molecule has 0 saturated heterocycles. The Labute approximate surface area is 92.6 Å². The van der Waals surface area contributed by atoms with Crippen LogP contribution in [0, 0.1) is 0 Å². The van der Waals surface area contributed by atoms with Crippen LogP contribution in [0.25, 0.3) is 0 Å². The Morgan fingerprint density at radius 3 is 2.07 bits per heavy atom. The van der Waals surface area contributed by atoms with Gasteiger partial charge >= 0.3 is 0 Å². The van der Waals surface area contributed by atoms with E-state index >= 15 is 0 Å². The number of allylic oxidation sites excluding steroid dienone is 4. The van der Waals surface area contributed by atoms with Crippen LogP contribution in [0.3, 0.4) is 0 Å². The molecule has 0 radical (unpaired) electrons. The molecule has 0 aromatic carbocycles. The number of hydrogen-bond acceptors (Lipinski definition) is 2. The molecule has 2 heteroatoms. The lowest BCUT2D eigenvalue weighted by atomic mass is 10.0. The van der Waals surface area contributed by atoms with Crippen LogP contribution in [-0.2, 0) is 4.74 Å². The molecule has 0 unspecified atom stereocenters. The summed E-state index contributed by atoms with van der Waals surface area (Å²) in [6.07, 6.45) is 14.3. The summed E-state index contributed by atoms with van der Waals surface area (Å²) >= 11 is 0. The maximum atomic E-state index is 9.87. The predicted octanol–water partition coefficient (Wildman–Crippen LogP) is 2.83. The highest BCUT2D eigenvalue weighted by atomic mass is 16.5. The minimum Gasteiger partial charge on any atom is -0.390 e. The second kappa shape index (κ2) is 7.66. The van der Waals surface area contributed by atoms with E-state index in [-0.39, 0.29) is 12.2 Å². The molecule has 0 fully saturated rings. The van der Waals surface area contributed by atoms with Gasteiger partial charge in [0.05, 0.1) is 12.2 Å². The predicted molar refractivity (Wildman–Crippen MR) is 62.8 cm³/mol. The Kier molecular flexibility index (Phi) is 6.37. The molecule has 0 bridgehead atoms. The van der Waals surface area contributed by atoms with Crippen LogP contribution in [-0.4, -0.2) is 24.4 Å². The van der Waals surface area contributed by atoms with Gasteiger partial charge < -0.3 is 9.84 Å². The zero-order chi connectivity index (χ0) is 10.9. The first-order chi connectivity index (χ1) is 7.34. The zero-order valence-corrected chi connectivity index (χ0v) is 9.56. The van der Waals surface area contributed by atoms with Crippen LogP contribution < -0.4 is 0 Å². The van der Waals surface area contributed by atoms with Crippen LogP contribution in [0.1, 0.15) is 38.5 Å². The first-order valence-electron chi connectivity index (χ1n) is 5.85. The Morgan fingerprint density at radius 1 is 0.933 bits per heavy atom. The van der Waals surface area contributed by atoms with Gasteiger partial charge in [-0.3, -0.25) is 0 Å². The number of hydrogen-bond donors (Lipinski definition) is 1. The van der Waals surface area contributed by atoms with Crippen molar-refractivity contribution in [1.82, 2.24) is 0 Å². The molecule has 0 aliphatic heterocycles. The second-order valence-electron chi connectivity index (χ2n) is 4.02. The molecular weight excluding hydrogens is 188 g/mol. The van der Waals surface area contributed by atoms with Crippen LogP contribution in [0.15, 0.2) is 24.3 Å². The van der Waals surface area contributed by atoms with Gasteiger partial charge in [-0.25, -0.2) is 0 Å². The van der Waals surface area contributed by atoms with Crippen molar-refractivity contribution in [3.63, 3.8) is 0 Å². The van der Waals surface area contributed by atoms with E-state index in [1.54, 1.807) is 7.11 Å². The molecule has 0 aromatic heterocycles. The molecule has 2 nitrogen and oxygen atoms in total. The molecule has 0 spiro atoms. The summed E-state index contributed by atoms with van der Waals surface area (Å²) in [5, 5.41) is 9.87. The number of methoxy groups -OCH3 is 1. The van der Waals surface area contributed by atoms with Crippen molar-refractivity contribution in [1.29, 1.82) is 0 Å². The highest BCUT2D eigenvalue weighted by Crippen LogP contribution is 2.13. The van der Waals surface area contributed by atoms with Gasteiger partial charge in [0.2, 0.25) is 0 Å². The fraction of sp³-hybridized carbons (Fsp3) is 0.692. The molecule has 0 heterocycles. The second-order valence-corrected chi connectivity index (χ2v) is 4.02. The SMILES string of the molecule is CO[C@H]1CC/C=C/CC/C=C/CC[C@@H]1O. The summed E-state index contributed by atoms with van der Waals surface area (Å²) in [5.74, 6) is 0. The fourth-order valence-corrected chi connectivity index (χ4v) is 1.84. The molecule has 0 aromatic rings. The highest BCUT2D eigenvalue weighted by molar-refractivity contribution is 4.90. The normalized spacial score (nSPS) is 33.7. The van der Waals surface area contributed by atoms with Crippen LogP contribution in [0.2, 0.25) is 0 Å². The van der Waals surface area contributed by atoms with Gasteiger partial charge in [-0.1, -0.05) is 24.3 Å². The summed E-state index contributed by atoms with van der Waals surface area (Å²) < 4.78 is 5.30. The molecule has 0 amide bonds. The summed E-state index contributed by atoms with van der Waals surface area (Å²) in [6.45, 7) is 0. The maximum absolute atomic E-state index is 9.87. The maximum Gasteiger partial charge on any atom is 0.0833 e. The smallest absolute Gasteiger partial charge is 0.0833 e. The topological polar surface area (TPSA) is 29.5 Å². The molecule has 1 aliphatic rings. The minimum atomic E-state index is -0.326. The fourth-order valence-electron chi connectivity index (χ4n) is 1.84. The van der Waals surface area contributed by atoms with Crippen molar-refractivity contribution in [3.8, 4) is 0 Å². The number of ether oxygens (including phenoxy) is 1. The molecule has 0 saturated carbocycles. The van der Waals surface area contributed by atoms with E-state index in [0.29, 0.717) is 0 Å². The van der Waals surface area contributed by atoms with E-state index < -0.39 is 0 Å².